The molecule has 0 aliphatic rings. The average molecular weight is 256 g/mol. The number of benzene rings is 2. The van der Waals surface area contributed by atoms with Gasteiger partial charge in [0.25, 0.3) is 0 Å². The Kier molecular flexibility index (Phi) is 4.18. The van der Waals surface area contributed by atoms with Crippen molar-refractivity contribution in [1.82, 2.24) is 0 Å². The van der Waals surface area contributed by atoms with E-state index in [0.29, 0.717) is 12.2 Å². The lowest BCUT2D eigenvalue weighted by Gasteiger charge is -2.11. The zero-order valence-electron chi connectivity index (χ0n) is 11.1. The first-order valence-electron chi connectivity index (χ1n) is 6.07. The number of hydrogen-bond acceptors (Lipinski definition) is 3. The Morgan fingerprint density at radius 1 is 1.05 bits per heavy atom. The molecule has 0 saturated heterocycles. The number of carbonyl (C=O) groups excluding carboxylic acids is 1. The van der Waals surface area contributed by atoms with Crippen LogP contribution < -0.4 is 4.74 Å². The summed E-state index contributed by atoms with van der Waals surface area (Å²) in [6.45, 7) is 2.33. The van der Waals surface area contributed by atoms with Crippen LogP contribution in [0.1, 0.15) is 21.5 Å². The Labute approximate surface area is 112 Å². The highest BCUT2D eigenvalue weighted by molar-refractivity contribution is 5.90. The summed E-state index contributed by atoms with van der Waals surface area (Å²) in [5.41, 5.74) is 2.43. The predicted octanol–water partition coefficient (Wildman–Crippen LogP) is 3.36. The second-order valence-corrected chi connectivity index (χ2v) is 4.20. The quantitative estimate of drug-likeness (QED) is 0.787. The third-order valence-corrected chi connectivity index (χ3v) is 2.90. The zero-order valence-corrected chi connectivity index (χ0v) is 11.1. The molecule has 2 aromatic rings. The lowest BCUT2D eigenvalue weighted by Crippen LogP contribution is -2.08. The number of hydrogen-bond donors (Lipinski definition) is 0. The van der Waals surface area contributed by atoms with Gasteiger partial charge < -0.3 is 9.47 Å². The molecule has 19 heavy (non-hydrogen) atoms. The van der Waals surface area contributed by atoms with Gasteiger partial charge in [0.05, 0.1) is 12.7 Å². The fraction of sp³-hybridized carbons (Fsp3) is 0.188. The molecule has 0 unspecified atom stereocenters. The van der Waals surface area contributed by atoms with Gasteiger partial charge in [-0.05, 0) is 24.6 Å². The van der Waals surface area contributed by atoms with Gasteiger partial charge in [-0.3, -0.25) is 0 Å². The Morgan fingerprint density at radius 2 is 1.74 bits per heavy atom. The van der Waals surface area contributed by atoms with Crippen LogP contribution in [0.2, 0.25) is 0 Å². The molecule has 98 valence electrons. The van der Waals surface area contributed by atoms with Gasteiger partial charge in [-0.25, -0.2) is 4.79 Å². The minimum Gasteiger partial charge on any atom is -0.489 e. The molecule has 2 rings (SSSR count). The highest BCUT2D eigenvalue weighted by atomic mass is 16.5. The minimum absolute atomic E-state index is 0.343. The van der Waals surface area contributed by atoms with Gasteiger partial charge >= 0.3 is 5.97 Å². The first-order chi connectivity index (χ1) is 9.22. The summed E-state index contributed by atoms with van der Waals surface area (Å²) in [6, 6.07) is 15.1. The molecular weight excluding hydrogens is 240 g/mol. The lowest BCUT2D eigenvalue weighted by molar-refractivity contribution is 0.0597. The van der Waals surface area contributed by atoms with Crippen LogP contribution in [-0.4, -0.2) is 13.1 Å². The molecule has 0 atom stereocenters. The topological polar surface area (TPSA) is 35.5 Å². The molecule has 2 aromatic carbocycles. The lowest BCUT2D eigenvalue weighted by atomic mass is 10.1. The van der Waals surface area contributed by atoms with Crippen molar-refractivity contribution < 1.29 is 14.3 Å². The molecule has 0 aromatic heterocycles. The van der Waals surface area contributed by atoms with Crippen molar-refractivity contribution >= 4 is 5.97 Å². The van der Waals surface area contributed by atoms with E-state index < -0.39 is 0 Å². The SMILES string of the molecule is COC(=O)c1ccccc1COc1ccccc1C. The maximum atomic E-state index is 11.6. The number of carbonyl (C=O) groups is 1. The van der Waals surface area contributed by atoms with Crippen molar-refractivity contribution in [1.29, 1.82) is 0 Å². The van der Waals surface area contributed by atoms with Crippen molar-refractivity contribution in [3.63, 3.8) is 0 Å². The maximum absolute atomic E-state index is 11.6. The number of aryl methyl sites for hydroxylation is 1. The van der Waals surface area contributed by atoms with E-state index in [1.807, 2.05) is 49.4 Å². The molecule has 0 fully saturated rings. The Morgan fingerprint density at radius 3 is 2.47 bits per heavy atom. The summed E-state index contributed by atoms with van der Waals surface area (Å²) in [5, 5.41) is 0. The highest BCUT2D eigenvalue weighted by Gasteiger charge is 2.11. The van der Waals surface area contributed by atoms with Crippen LogP contribution in [0.3, 0.4) is 0 Å². The predicted molar refractivity (Wildman–Crippen MR) is 73.3 cm³/mol. The minimum atomic E-state index is -0.344. The van der Waals surface area contributed by atoms with E-state index in [2.05, 4.69) is 0 Å². The molecule has 0 aliphatic carbocycles. The van der Waals surface area contributed by atoms with Crippen LogP contribution in [0.25, 0.3) is 0 Å². The number of ether oxygens (including phenoxy) is 2. The molecular formula is C16H16O3. The summed E-state index contributed by atoms with van der Waals surface area (Å²) in [4.78, 5) is 11.6. The molecule has 0 amide bonds. The Balaban J connectivity index is 2.16. The van der Waals surface area contributed by atoms with Crippen LogP contribution in [0.5, 0.6) is 5.75 Å². The average Bonchev–Trinajstić information content (AvgIpc) is 2.46. The molecule has 0 radical (unpaired) electrons. The van der Waals surface area contributed by atoms with E-state index in [-0.39, 0.29) is 5.97 Å². The summed E-state index contributed by atoms with van der Waals surface area (Å²) in [6.07, 6.45) is 0. The standard InChI is InChI=1S/C16H16O3/c1-12-7-3-6-10-15(12)19-11-13-8-4-5-9-14(13)16(17)18-2/h3-10H,11H2,1-2H3. The van der Waals surface area contributed by atoms with E-state index in [9.17, 15) is 4.79 Å². The second-order valence-electron chi connectivity index (χ2n) is 4.20. The van der Waals surface area contributed by atoms with E-state index in [1.165, 1.54) is 7.11 Å². The van der Waals surface area contributed by atoms with Crippen LogP contribution in [-0.2, 0) is 11.3 Å². The molecule has 0 N–H and O–H groups in total. The van der Waals surface area contributed by atoms with Crippen LogP contribution in [0.4, 0.5) is 0 Å². The third-order valence-electron chi connectivity index (χ3n) is 2.90. The molecule has 3 heteroatoms. The number of esters is 1. The second kappa shape index (κ2) is 6.05. The Hall–Kier alpha value is -2.29. The maximum Gasteiger partial charge on any atom is 0.338 e. The first kappa shape index (κ1) is 13.1. The number of methoxy groups -OCH3 is 1. The van der Waals surface area contributed by atoms with Gasteiger partial charge in [0, 0.05) is 5.56 Å². The fourth-order valence-electron chi connectivity index (χ4n) is 1.83. The molecule has 3 nitrogen and oxygen atoms in total. The van der Waals surface area contributed by atoms with Crippen molar-refractivity contribution in [2.75, 3.05) is 7.11 Å². The van der Waals surface area contributed by atoms with E-state index in [4.69, 9.17) is 9.47 Å². The Bertz CT molecular complexity index is 576. The first-order valence-corrected chi connectivity index (χ1v) is 6.07. The van der Waals surface area contributed by atoms with Crippen molar-refractivity contribution in [2.24, 2.45) is 0 Å². The van der Waals surface area contributed by atoms with Crippen molar-refractivity contribution in [3.05, 3.63) is 65.2 Å². The van der Waals surface area contributed by atoms with Crippen molar-refractivity contribution in [3.8, 4) is 5.75 Å². The third kappa shape index (κ3) is 3.13. The van der Waals surface area contributed by atoms with Gasteiger partial charge in [-0.15, -0.1) is 0 Å². The molecule has 0 spiro atoms. The van der Waals surface area contributed by atoms with Crippen molar-refractivity contribution in [2.45, 2.75) is 13.5 Å². The normalized spacial score (nSPS) is 10.0. The number of rotatable bonds is 4. The van der Waals surface area contributed by atoms with Crippen LogP contribution >= 0.6 is 0 Å². The van der Waals surface area contributed by atoms with Gasteiger partial charge in [0.1, 0.15) is 12.4 Å². The fourth-order valence-corrected chi connectivity index (χ4v) is 1.83. The molecule has 0 heterocycles. The largest absolute Gasteiger partial charge is 0.489 e. The van der Waals surface area contributed by atoms with Crippen LogP contribution in [0, 0.1) is 6.92 Å². The van der Waals surface area contributed by atoms with Crippen LogP contribution in [0.15, 0.2) is 48.5 Å². The summed E-state index contributed by atoms with van der Waals surface area (Å²) in [5.74, 6) is 0.478. The highest BCUT2D eigenvalue weighted by Crippen LogP contribution is 2.19. The number of para-hydroxylation sites is 1. The molecule has 0 bridgehead atoms. The van der Waals surface area contributed by atoms with E-state index >= 15 is 0 Å². The summed E-state index contributed by atoms with van der Waals surface area (Å²) >= 11 is 0. The van der Waals surface area contributed by atoms with Gasteiger partial charge in [-0.1, -0.05) is 36.4 Å². The summed E-state index contributed by atoms with van der Waals surface area (Å²) < 4.78 is 10.5. The summed E-state index contributed by atoms with van der Waals surface area (Å²) in [7, 11) is 1.38. The van der Waals surface area contributed by atoms with Gasteiger partial charge in [-0.2, -0.15) is 0 Å². The van der Waals surface area contributed by atoms with E-state index in [1.54, 1.807) is 6.07 Å². The van der Waals surface area contributed by atoms with E-state index in [0.717, 1.165) is 16.9 Å². The zero-order chi connectivity index (χ0) is 13.7. The smallest absolute Gasteiger partial charge is 0.338 e. The monoisotopic (exact) mass is 256 g/mol. The molecule has 0 aliphatic heterocycles. The van der Waals surface area contributed by atoms with Gasteiger partial charge in [0.15, 0.2) is 0 Å². The molecule has 0 saturated carbocycles. The van der Waals surface area contributed by atoms with Gasteiger partial charge in [0.2, 0.25) is 0 Å².